The molecule has 25 heavy (non-hydrogen) atoms. The van der Waals surface area contributed by atoms with Crippen LogP contribution in [0.5, 0.6) is 0 Å². The molecule has 3 rings (SSSR count). The Morgan fingerprint density at radius 2 is 1.20 bits per heavy atom. The topological polar surface area (TPSA) is 58.2 Å². The highest BCUT2D eigenvalue weighted by atomic mass is 16.2. The SMILES string of the molecule is O=C(NNC(=O)c1ccccc1Cc1ccccc1)c1ccccc1. The number of nitrogens with one attached hydrogen (secondary N) is 2. The molecule has 3 aromatic rings. The fourth-order valence-electron chi connectivity index (χ4n) is 2.55. The molecule has 0 saturated heterocycles. The zero-order valence-electron chi connectivity index (χ0n) is 13.6. The number of carbonyl (C=O) groups is 2. The van der Waals surface area contributed by atoms with E-state index in [-0.39, 0.29) is 11.8 Å². The molecule has 0 spiro atoms. The van der Waals surface area contributed by atoms with Gasteiger partial charge in [-0.25, -0.2) is 0 Å². The van der Waals surface area contributed by atoms with Crippen molar-refractivity contribution in [3.8, 4) is 0 Å². The quantitative estimate of drug-likeness (QED) is 0.721. The van der Waals surface area contributed by atoms with Gasteiger partial charge in [-0.3, -0.25) is 20.4 Å². The number of carbonyl (C=O) groups excluding carboxylic acids is 2. The molecular formula is C21H18N2O2. The summed E-state index contributed by atoms with van der Waals surface area (Å²) in [5.41, 5.74) is 7.99. The molecule has 0 aromatic heterocycles. The van der Waals surface area contributed by atoms with Crippen molar-refractivity contribution in [2.24, 2.45) is 0 Å². The summed E-state index contributed by atoms with van der Waals surface area (Å²) in [5.74, 6) is -0.690. The van der Waals surface area contributed by atoms with E-state index in [2.05, 4.69) is 10.9 Å². The van der Waals surface area contributed by atoms with E-state index in [9.17, 15) is 9.59 Å². The molecule has 0 saturated carbocycles. The Morgan fingerprint density at radius 3 is 1.92 bits per heavy atom. The summed E-state index contributed by atoms with van der Waals surface area (Å²) in [7, 11) is 0. The van der Waals surface area contributed by atoms with Crippen molar-refractivity contribution in [2.45, 2.75) is 6.42 Å². The molecule has 2 N–H and O–H groups in total. The van der Waals surface area contributed by atoms with Crippen LogP contribution in [-0.2, 0) is 6.42 Å². The smallest absolute Gasteiger partial charge is 0.267 e. The second-order valence-corrected chi connectivity index (χ2v) is 5.59. The molecule has 0 radical (unpaired) electrons. The third kappa shape index (κ3) is 4.32. The highest BCUT2D eigenvalue weighted by Crippen LogP contribution is 2.14. The van der Waals surface area contributed by atoms with Crippen LogP contribution in [0.3, 0.4) is 0 Å². The molecule has 4 heteroatoms. The number of amides is 2. The van der Waals surface area contributed by atoms with Gasteiger partial charge in [-0.2, -0.15) is 0 Å². The molecule has 3 aromatic carbocycles. The van der Waals surface area contributed by atoms with Crippen LogP contribution < -0.4 is 10.9 Å². The minimum Gasteiger partial charge on any atom is -0.267 e. The maximum atomic E-state index is 12.5. The van der Waals surface area contributed by atoms with Crippen LogP contribution >= 0.6 is 0 Å². The lowest BCUT2D eigenvalue weighted by Crippen LogP contribution is -2.41. The van der Waals surface area contributed by atoms with Crippen molar-refractivity contribution in [1.29, 1.82) is 0 Å². The Morgan fingerprint density at radius 1 is 0.640 bits per heavy atom. The first-order valence-electron chi connectivity index (χ1n) is 8.01. The van der Waals surface area contributed by atoms with Crippen molar-refractivity contribution in [3.05, 3.63) is 107 Å². The molecule has 0 atom stereocenters. The number of benzene rings is 3. The minimum absolute atomic E-state index is 0.337. The van der Waals surface area contributed by atoms with Crippen molar-refractivity contribution < 1.29 is 9.59 Å². The Labute approximate surface area is 146 Å². The molecular weight excluding hydrogens is 312 g/mol. The Balaban J connectivity index is 1.69. The Kier molecular flexibility index (Phi) is 5.22. The van der Waals surface area contributed by atoms with E-state index in [4.69, 9.17) is 0 Å². The third-order valence-corrected chi connectivity index (χ3v) is 3.82. The Hall–Kier alpha value is -3.40. The summed E-state index contributed by atoms with van der Waals surface area (Å²) in [6.45, 7) is 0. The summed E-state index contributed by atoms with van der Waals surface area (Å²) in [6, 6.07) is 26.1. The molecule has 124 valence electrons. The maximum Gasteiger partial charge on any atom is 0.269 e. The summed E-state index contributed by atoms with van der Waals surface area (Å²) in [5, 5.41) is 0. The van der Waals surface area contributed by atoms with Crippen LogP contribution in [0.15, 0.2) is 84.9 Å². The lowest BCUT2D eigenvalue weighted by molar-refractivity contribution is 0.0846. The third-order valence-electron chi connectivity index (χ3n) is 3.82. The van der Waals surface area contributed by atoms with Gasteiger partial charge in [0.15, 0.2) is 0 Å². The van der Waals surface area contributed by atoms with E-state index < -0.39 is 0 Å². The predicted molar refractivity (Wildman–Crippen MR) is 97.1 cm³/mol. The zero-order chi connectivity index (χ0) is 17.5. The first kappa shape index (κ1) is 16.5. The van der Waals surface area contributed by atoms with Crippen LogP contribution in [0.25, 0.3) is 0 Å². The molecule has 0 aliphatic carbocycles. The van der Waals surface area contributed by atoms with Crippen LogP contribution in [0.2, 0.25) is 0 Å². The molecule has 2 amide bonds. The predicted octanol–water partition coefficient (Wildman–Crippen LogP) is 3.35. The number of hydrazine groups is 1. The van der Waals surface area contributed by atoms with Crippen LogP contribution in [0.1, 0.15) is 31.8 Å². The first-order chi connectivity index (χ1) is 12.2. The van der Waals surface area contributed by atoms with Gasteiger partial charge in [0.2, 0.25) is 0 Å². The second kappa shape index (κ2) is 7.93. The van der Waals surface area contributed by atoms with Gasteiger partial charge in [0.1, 0.15) is 0 Å². The van der Waals surface area contributed by atoms with Crippen molar-refractivity contribution in [2.75, 3.05) is 0 Å². The summed E-state index contributed by atoms with van der Waals surface area (Å²) in [4.78, 5) is 24.5. The monoisotopic (exact) mass is 330 g/mol. The van der Waals surface area contributed by atoms with E-state index in [1.54, 1.807) is 30.3 Å². The van der Waals surface area contributed by atoms with E-state index in [1.807, 2.05) is 54.6 Å². The first-order valence-corrected chi connectivity index (χ1v) is 8.01. The van der Waals surface area contributed by atoms with Crippen LogP contribution in [0, 0.1) is 0 Å². The average Bonchev–Trinajstić information content (AvgIpc) is 2.68. The summed E-state index contributed by atoms with van der Waals surface area (Å²) in [6.07, 6.45) is 0.650. The van der Waals surface area contributed by atoms with Gasteiger partial charge in [0.05, 0.1) is 0 Å². The average molecular weight is 330 g/mol. The fraction of sp³-hybridized carbons (Fsp3) is 0.0476. The van der Waals surface area contributed by atoms with Crippen LogP contribution in [-0.4, -0.2) is 11.8 Å². The van der Waals surface area contributed by atoms with Gasteiger partial charge in [-0.15, -0.1) is 0 Å². The molecule has 0 bridgehead atoms. The molecule has 4 nitrogen and oxygen atoms in total. The van der Waals surface area contributed by atoms with Gasteiger partial charge in [-0.1, -0.05) is 66.7 Å². The number of rotatable bonds is 4. The standard InChI is InChI=1S/C21H18N2O2/c24-20(17-11-5-2-6-12-17)22-23-21(25)19-14-8-7-13-18(19)15-16-9-3-1-4-10-16/h1-14H,15H2,(H,22,24)(H,23,25). The summed E-state index contributed by atoms with van der Waals surface area (Å²) >= 11 is 0. The van der Waals surface area contributed by atoms with E-state index in [0.717, 1.165) is 11.1 Å². The van der Waals surface area contributed by atoms with Crippen molar-refractivity contribution in [1.82, 2.24) is 10.9 Å². The fourth-order valence-corrected chi connectivity index (χ4v) is 2.55. The van der Waals surface area contributed by atoms with Gasteiger partial charge in [-0.05, 0) is 35.7 Å². The molecule has 0 aliphatic heterocycles. The molecule has 0 aliphatic rings. The van der Waals surface area contributed by atoms with Crippen LogP contribution in [0.4, 0.5) is 0 Å². The number of hydrogen-bond donors (Lipinski definition) is 2. The zero-order valence-corrected chi connectivity index (χ0v) is 13.6. The highest BCUT2D eigenvalue weighted by Gasteiger charge is 2.12. The van der Waals surface area contributed by atoms with Gasteiger partial charge in [0, 0.05) is 11.1 Å². The largest absolute Gasteiger partial charge is 0.269 e. The van der Waals surface area contributed by atoms with Gasteiger partial charge >= 0.3 is 0 Å². The van der Waals surface area contributed by atoms with E-state index in [1.165, 1.54) is 0 Å². The van der Waals surface area contributed by atoms with Gasteiger partial charge < -0.3 is 0 Å². The molecule has 0 fully saturated rings. The molecule has 0 unspecified atom stereocenters. The van der Waals surface area contributed by atoms with Crippen molar-refractivity contribution >= 4 is 11.8 Å². The highest BCUT2D eigenvalue weighted by molar-refractivity contribution is 5.99. The lowest BCUT2D eigenvalue weighted by atomic mass is 9.99. The number of hydrogen-bond acceptors (Lipinski definition) is 2. The Bertz CT molecular complexity index is 861. The normalized spacial score (nSPS) is 10.1. The van der Waals surface area contributed by atoms with Crippen molar-refractivity contribution in [3.63, 3.8) is 0 Å². The second-order valence-electron chi connectivity index (χ2n) is 5.59. The van der Waals surface area contributed by atoms with E-state index >= 15 is 0 Å². The summed E-state index contributed by atoms with van der Waals surface area (Å²) < 4.78 is 0. The maximum absolute atomic E-state index is 12.5. The minimum atomic E-state index is -0.352. The molecule has 0 heterocycles. The van der Waals surface area contributed by atoms with Gasteiger partial charge in [0.25, 0.3) is 11.8 Å². The lowest BCUT2D eigenvalue weighted by Gasteiger charge is -2.11. The van der Waals surface area contributed by atoms with E-state index in [0.29, 0.717) is 17.5 Å².